The minimum absolute atomic E-state index is 0.641. The lowest BCUT2D eigenvalue weighted by atomic mass is 9.82. The molecule has 0 radical (unpaired) electrons. The van der Waals surface area contributed by atoms with Gasteiger partial charge in [0, 0.05) is 0 Å². The molecule has 1 aliphatic carbocycles. The van der Waals surface area contributed by atoms with E-state index in [1.54, 1.807) is 0 Å². The molecule has 0 aromatic heterocycles. The van der Waals surface area contributed by atoms with Crippen LogP contribution in [0, 0.1) is 12.8 Å². The van der Waals surface area contributed by atoms with Crippen molar-refractivity contribution in [3.05, 3.63) is 29.3 Å². The van der Waals surface area contributed by atoms with E-state index in [-0.39, 0.29) is 0 Å². The highest BCUT2D eigenvalue weighted by Crippen LogP contribution is 2.40. The van der Waals surface area contributed by atoms with Crippen LogP contribution in [0.5, 0.6) is 5.75 Å². The maximum absolute atomic E-state index is 5.83. The molecule has 1 atom stereocenters. The van der Waals surface area contributed by atoms with Crippen molar-refractivity contribution in [2.24, 2.45) is 11.7 Å². The molecule has 0 bridgehead atoms. The van der Waals surface area contributed by atoms with Crippen molar-refractivity contribution >= 4 is 0 Å². The van der Waals surface area contributed by atoms with Gasteiger partial charge in [0.1, 0.15) is 5.75 Å². The summed E-state index contributed by atoms with van der Waals surface area (Å²) in [6.45, 7) is 5.69. The fourth-order valence-electron chi connectivity index (χ4n) is 3.43. The predicted molar refractivity (Wildman–Crippen MR) is 80.7 cm³/mol. The molecule has 19 heavy (non-hydrogen) atoms. The van der Waals surface area contributed by atoms with Gasteiger partial charge in [-0.25, -0.2) is 0 Å². The first-order valence-electron chi connectivity index (χ1n) is 7.69. The molecule has 2 nitrogen and oxygen atoms in total. The van der Waals surface area contributed by atoms with E-state index < -0.39 is 0 Å². The highest BCUT2D eigenvalue weighted by molar-refractivity contribution is 5.38. The zero-order chi connectivity index (χ0) is 13.7. The van der Waals surface area contributed by atoms with Crippen molar-refractivity contribution in [3.8, 4) is 5.75 Å². The summed E-state index contributed by atoms with van der Waals surface area (Å²) in [4.78, 5) is 0. The number of hydrogen-bond acceptors (Lipinski definition) is 2. The van der Waals surface area contributed by atoms with Crippen LogP contribution in [0.3, 0.4) is 0 Å². The first-order chi connectivity index (χ1) is 9.26. The van der Waals surface area contributed by atoms with Gasteiger partial charge in [0.25, 0.3) is 0 Å². The van der Waals surface area contributed by atoms with Gasteiger partial charge in [-0.2, -0.15) is 0 Å². The standard InChI is InChI=1S/C17H27NO/c1-3-19-17-9-8-15(12-13(17)2)16(10-11-18)14-6-4-5-7-14/h8-9,12,14,16H,3-7,10-11,18H2,1-2H3. The van der Waals surface area contributed by atoms with Crippen LogP contribution in [0.4, 0.5) is 0 Å². The molecule has 0 heterocycles. The van der Waals surface area contributed by atoms with Gasteiger partial charge in [0.15, 0.2) is 0 Å². The van der Waals surface area contributed by atoms with Crippen molar-refractivity contribution in [2.75, 3.05) is 13.2 Å². The molecule has 106 valence electrons. The molecule has 0 amide bonds. The minimum Gasteiger partial charge on any atom is -0.494 e. The predicted octanol–water partition coefficient (Wildman–Crippen LogP) is 4.02. The summed E-state index contributed by atoms with van der Waals surface area (Å²) in [5, 5.41) is 0. The lowest BCUT2D eigenvalue weighted by molar-refractivity contribution is 0.337. The second-order valence-electron chi connectivity index (χ2n) is 5.69. The molecule has 1 unspecified atom stereocenters. The largest absolute Gasteiger partial charge is 0.494 e. The Hall–Kier alpha value is -1.02. The first-order valence-corrected chi connectivity index (χ1v) is 7.69. The lowest BCUT2D eigenvalue weighted by Gasteiger charge is -2.24. The summed E-state index contributed by atoms with van der Waals surface area (Å²) in [7, 11) is 0. The van der Waals surface area contributed by atoms with Gasteiger partial charge < -0.3 is 10.5 Å². The van der Waals surface area contributed by atoms with Crippen LogP contribution in [0.1, 0.15) is 56.1 Å². The smallest absolute Gasteiger partial charge is 0.122 e. The van der Waals surface area contributed by atoms with E-state index in [1.165, 1.54) is 36.8 Å². The Kier molecular flexibility index (Phi) is 5.26. The number of ether oxygens (including phenoxy) is 1. The Morgan fingerprint density at radius 3 is 2.63 bits per heavy atom. The zero-order valence-corrected chi connectivity index (χ0v) is 12.3. The summed E-state index contributed by atoms with van der Waals surface area (Å²) in [5.74, 6) is 2.49. The number of aryl methyl sites for hydroxylation is 1. The van der Waals surface area contributed by atoms with E-state index in [0.29, 0.717) is 5.92 Å². The molecule has 1 aromatic rings. The Balaban J connectivity index is 2.18. The normalized spacial score (nSPS) is 17.6. The van der Waals surface area contributed by atoms with Crippen molar-refractivity contribution in [2.45, 2.75) is 51.9 Å². The molecule has 1 fully saturated rings. The second-order valence-corrected chi connectivity index (χ2v) is 5.69. The Morgan fingerprint density at radius 1 is 1.32 bits per heavy atom. The number of benzene rings is 1. The maximum Gasteiger partial charge on any atom is 0.122 e. The Labute approximate surface area is 117 Å². The van der Waals surface area contributed by atoms with Gasteiger partial charge in [-0.3, -0.25) is 0 Å². The van der Waals surface area contributed by atoms with Gasteiger partial charge in [0.05, 0.1) is 6.61 Å². The molecule has 2 heteroatoms. The van der Waals surface area contributed by atoms with Crippen LogP contribution >= 0.6 is 0 Å². The summed E-state index contributed by atoms with van der Waals surface area (Å²) in [5.41, 5.74) is 8.53. The highest BCUT2D eigenvalue weighted by Gasteiger charge is 2.26. The quantitative estimate of drug-likeness (QED) is 0.839. The van der Waals surface area contributed by atoms with Gasteiger partial charge in [-0.15, -0.1) is 0 Å². The van der Waals surface area contributed by atoms with Crippen LogP contribution < -0.4 is 10.5 Å². The molecule has 1 aliphatic rings. The third-order valence-corrected chi connectivity index (χ3v) is 4.37. The van der Waals surface area contributed by atoms with Gasteiger partial charge in [-0.05, 0) is 68.7 Å². The van der Waals surface area contributed by atoms with E-state index >= 15 is 0 Å². The van der Waals surface area contributed by atoms with Gasteiger partial charge >= 0.3 is 0 Å². The molecule has 0 saturated heterocycles. The van der Waals surface area contributed by atoms with Gasteiger partial charge in [0.2, 0.25) is 0 Å². The fraction of sp³-hybridized carbons (Fsp3) is 0.647. The molecule has 2 N–H and O–H groups in total. The summed E-state index contributed by atoms with van der Waals surface area (Å²) in [6, 6.07) is 6.69. The molecular weight excluding hydrogens is 234 g/mol. The number of rotatable bonds is 6. The van der Waals surface area contributed by atoms with Crippen molar-refractivity contribution < 1.29 is 4.74 Å². The third kappa shape index (κ3) is 3.50. The monoisotopic (exact) mass is 261 g/mol. The van der Waals surface area contributed by atoms with Crippen molar-refractivity contribution in [1.82, 2.24) is 0 Å². The van der Waals surface area contributed by atoms with E-state index in [9.17, 15) is 0 Å². The van der Waals surface area contributed by atoms with Gasteiger partial charge in [-0.1, -0.05) is 25.0 Å². The molecule has 1 saturated carbocycles. The summed E-state index contributed by atoms with van der Waals surface area (Å²) >= 11 is 0. The molecule has 1 aromatic carbocycles. The Bertz CT molecular complexity index is 396. The SMILES string of the molecule is CCOc1ccc(C(CCN)C2CCCC2)cc1C. The fourth-order valence-corrected chi connectivity index (χ4v) is 3.43. The minimum atomic E-state index is 0.641. The topological polar surface area (TPSA) is 35.2 Å². The van der Waals surface area contributed by atoms with Crippen LogP contribution in [0.15, 0.2) is 18.2 Å². The second kappa shape index (κ2) is 6.95. The van der Waals surface area contributed by atoms with Crippen LogP contribution in [0.25, 0.3) is 0 Å². The average Bonchev–Trinajstić information content (AvgIpc) is 2.92. The molecule has 0 spiro atoms. The third-order valence-electron chi connectivity index (χ3n) is 4.37. The molecule has 2 rings (SSSR count). The van der Waals surface area contributed by atoms with Crippen molar-refractivity contribution in [1.29, 1.82) is 0 Å². The summed E-state index contributed by atoms with van der Waals surface area (Å²) < 4.78 is 5.63. The van der Waals surface area contributed by atoms with E-state index in [0.717, 1.165) is 31.2 Å². The van der Waals surface area contributed by atoms with Crippen LogP contribution in [-0.2, 0) is 0 Å². The van der Waals surface area contributed by atoms with Crippen molar-refractivity contribution in [3.63, 3.8) is 0 Å². The highest BCUT2D eigenvalue weighted by atomic mass is 16.5. The number of hydrogen-bond donors (Lipinski definition) is 1. The molecular formula is C17H27NO. The first kappa shape index (κ1) is 14.4. The molecule has 0 aliphatic heterocycles. The van der Waals surface area contributed by atoms with Crippen LogP contribution in [0.2, 0.25) is 0 Å². The maximum atomic E-state index is 5.83. The lowest BCUT2D eigenvalue weighted by Crippen LogP contribution is -2.15. The van der Waals surface area contributed by atoms with E-state index in [1.807, 2.05) is 6.92 Å². The average molecular weight is 261 g/mol. The Morgan fingerprint density at radius 2 is 2.05 bits per heavy atom. The van der Waals surface area contributed by atoms with E-state index in [2.05, 4.69) is 25.1 Å². The zero-order valence-electron chi connectivity index (χ0n) is 12.3. The number of nitrogens with two attached hydrogens (primary N) is 1. The van der Waals surface area contributed by atoms with Crippen LogP contribution in [-0.4, -0.2) is 13.2 Å². The summed E-state index contributed by atoms with van der Waals surface area (Å²) in [6.07, 6.45) is 6.63. The van der Waals surface area contributed by atoms with E-state index in [4.69, 9.17) is 10.5 Å².